The van der Waals surface area contributed by atoms with E-state index < -0.39 is 26.7 Å². The highest BCUT2D eigenvalue weighted by Gasteiger charge is 2.49. The zero-order valence-electron chi connectivity index (χ0n) is 13.5. The maximum atomic E-state index is 12.4. The molecule has 1 aliphatic rings. The topological polar surface area (TPSA) is 83.6 Å². The number of hydrogen-bond donors (Lipinski definition) is 1. The Kier molecular flexibility index (Phi) is 5.41. The number of nitrogens with one attached hydrogen (secondary N) is 1. The molecule has 2 amide bonds. The SMILES string of the molecule is CCC1(CC)C(=O)NC(C)C(=O)N1CCS(=O)(=O)C(C)C. The minimum atomic E-state index is -3.25. The molecule has 0 aromatic heterocycles. The van der Waals surface area contributed by atoms with Crippen molar-refractivity contribution in [2.24, 2.45) is 0 Å². The van der Waals surface area contributed by atoms with Crippen LogP contribution in [0.25, 0.3) is 0 Å². The quantitative estimate of drug-likeness (QED) is 0.782. The van der Waals surface area contributed by atoms with Gasteiger partial charge in [-0.15, -0.1) is 0 Å². The number of carbonyl (C=O) groups excluding carboxylic acids is 2. The molecule has 1 unspecified atom stereocenters. The smallest absolute Gasteiger partial charge is 0.246 e. The van der Waals surface area contributed by atoms with Gasteiger partial charge in [0.25, 0.3) is 0 Å². The van der Waals surface area contributed by atoms with Gasteiger partial charge in [-0.3, -0.25) is 9.59 Å². The predicted molar refractivity (Wildman–Crippen MR) is 81.6 cm³/mol. The van der Waals surface area contributed by atoms with E-state index in [1.807, 2.05) is 13.8 Å². The van der Waals surface area contributed by atoms with Gasteiger partial charge in [0.15, 0.2) is 9.84 Å². The average Bonchev–Trinajstić information content (AvgIpc) is 2.41. The summed E-state index contributed by atoms with van der Waals surface area (Å²) in [4.78, 5) is 26.2. The van der Waals surface area contributed by atoms with Crippen LogP contribution in [0, 0.1) is 0 Å². The van der Waals surface area contributed by atoms with Gasteiger partial charge in [-0.25, -0.2) is 8.42 Å². The molecule has 1 aliphatic heterocycles. The highest BCUT2D eigenvalue weighted by atomic mass is 32.2. The molecular formula is C14H26N2O4S. The van der Waals surface area contributed by atoms with Gasteiger partial charge in [-0.1, -0.05) is 13.8 Å². The maximum absolute atomic E-state index is 12.4. The fourth-order valence-corrected chi connectivity index (χ4v) is 3.60. The molecule has 1 rings (SSSR count). The first-order valence-electron chi connectivity index (χ1n) is 7.46. The van der Waals surface area contributed by atoms with Crippen molar-refractivity contribution in [3.8, 4) is 0 Å². The molecule has 1 heterocycles. The first-order chi connectivity index (χ1) is 9.62. The van der Waals surface area contributed by atoms with E-state index in [4.69, 9.17) is 0 Å². The fraction of sp³-hybridized carbons (Fsp3) is 0.857. The highest BCUT2D eigenvalue weighted by molar-refractivity contribution is 7.92. The molecule has 1 N–H and O–H groups in total. The molecule has 21 heavy (non-hydrogen) atoms. The Labute approximate surface area is 127 Å². The molecule has 1 fully saturated rings. The Bertz CT molecular complexity index is 509. The molecule has 0 saturated carbocycles. The Balaban J connectivity index is 3.08. The zero-order valence-corrected chi connectivity index (χ0v) is 14.3. The van der Waals surface area contributed by atoms with Crippen LogP contribution in [0.4, 0.5) is 0 Å². The molecule has 1 atom stereocenters. The standard InChI is InChI=1S/C14H26N2O4S/c1-6-14(7-2)13(18)15-11(5)12(17)16(14)8-9-21(19,20)10(3)4/h10-11H,6-9H2,1-5H3,(H,15,18). The zero-order chi connectivity index (χ0) is 16.4. The Morgan fingerprint density at radius 1 is 1.24 bits per heavy atom. The molecule has 0 aromatic carbocycles. The van der Waals surface area contributed by atoms with E-state index in [0.717, 1.165) is 0 Å². The highest BCUT2D eigenvalue weighted by Crippen LogP contribution is 2.28. The van der Waals surface area contributed by atoms with E-state index in [0.29, 0.717) is 12.8 Å². The number of piperazine rings is 1. The molecular weight excluding hydrogens is 292 g/mol. The third-order valence-electron chi connectivity index (χ3n) is 4.41. The third kappa shape index (κ3) is 3.22. The van der Waals surface area contributed by atoms with Crippen molar-refractivity contribution in [2.75, 3.05) is 12.3 Å². The summed E-state index contributed by atoms with van der Waals surface area (Å²) in [6.07, 6.45) is 0.936. The summed E-state index contributed by atoms with van der Waals surface area (Å²) >= 11 is 0. The van der Waals surface area contributed by atoms with E-state index in [1.165, 1.54) is 4.90 Å². The molecule has 6 nitrogen and oxygen atoms in total. The van der Waals surface area contributed by atoms with E-state index in [9.17, 15) is 18.0 Å². The van der Waals surface area contributed by atoms with Gasteiger partial charge in [0, 0.05) is 6.54 Å². The van der Waals surface area contributed by atoms with Crippen LogP contribution in [0.1, 0.15) is 47.5 Å². The predicted octanol–water partition coefficient (Wildman–Crippen LogP) is 0.715. The average molecular weight is 318 g/mol. The van der Waals surface area contributed by atoms with Gasteiger partial charge < -0.3 is 10.2 Å². The van der Waals surface area contributed by atoms with E-state index in [2.05, 4.69) is 5.32 Å². The number of hydrogen-bond acceptors (Lipinski definition) is 4. The second-order valence-corrected chi connectivity index (χ2v) is 8.52. The van der Waals surface area contributed by atoms with Gasteiger partial charge >= 0.3 is 0 Å². The van der Waals surface area contributed by atoms with Gasteiger partial charge in [-0.2, -0.15) is 0 Å². The fourth-order valence-electron chi connectivity index (χ4n) is 2.69. The normalized spacial score (nSPS) is 22.6. The lowest BCUT2D eigenvalue weighted by Crippen LogP contribution is -2.70. The van der Waals surface area contributed by atoms with Crippen LogP contribution < -0.4 is 5.32 Å². The lowest BCUT2D eigenvalue weighted by Gasteiger charge is -2.47. The van der Waals surface area contributed by atoms with Crippen molar-refractivity contribution in [1.82, 2.24) is 10.2 Å². The van der Waals surface area contributed by atoms with Gasteiger partial charge in [0.2, 0.25) is 11.8 Å². The largest absolute Gasteiger partial charge is 0.343 e. The summed E-state index contributed by atoms with van der Waals surface area (Å²) in [5, 5.41) is 2.21. The minimum absolute atomic E-state index is 0.0682. The lowest BCUT2D eigenvalue weighted by molar-refractivity contribution is -0.157. The second-order valence-electron chi connectivity index (χ2n) is 5.84. The molecule has 122 valence electrons. The van der Waals surface area contributed by atoms with Gasteiger partial charge in [0.1, 0.15) is 11.6 Å². The first kappa shape index (κ1) is 17.9. The van der Waals surface area contributed by atoms with Crippen LogP contribution in [0.5, 0.6) is 0 Å². The summed E-state index contributed by atoms with van der Waals surface area (Å²) in [5.41, 5.74) is -0.934. The van der Waals surface area contributed by atoms with E-state index in [-0.39, 0.29) is 24.1 Å². The number of amides is 2. The Morgan fingerprint density at radius 3 is 2.19 bits per heavy atom. The molecule has 0 spiro atoms. The number of rotatable bonds is 6. The summed E-state index contributed by atoms with van der Waals surface area (Å²) in [5.74, 6) is -0.517. The van der Waals surface area contributed by atoms with Crippen LogP contribution in [-0.2, 0) is 19.4 Å². The summed E-state index contributed by atoms with van der Waals surface area (Å²) in [6.45, 7) is 8.62. The summed E-state index contributed by atoms with van der Waals surface area (Å²) < 4.78 is 24.0. The van der Waals surface area contributed by atoms with Crippen LogP contribution in [-0.4, -0.2) is 54.3 Å². The Morgan fingerprint density at radius 2 is 1.76 bits per heavy atom. The van der Waals surface area contributed by atoms with Crippen molar-refractivity contribution < 1.29 is 18.0 Å². The minimum Gasteiger partial charge on any atom is -0.343 e. The summed E-state index contributed by atoms with van der Waals surface area (Å²) in [6, 6.07) is -0.606. The van der Waals surface area contributed by atoms with E-state index >= 15 is 0 Å². The Hall–Kier alpha value is -1.11. The van der Waals surface area contributed by atoms with Crippen molar-refractivity contribution in [2.45, 2.75) is 64.3 Å². The van der Waals surface area contributed by atoms with Crippen LogP contribution in [0.3, 0.4) is 0 Å². The number of sulfone groups is 1. The van der Waals surface area contributed by atoms with Crippen molar-refractivity contribution in [3.63, 3.8) is 0 Å². The molecule has 7 heteroatoms. The third-order valence-corrected chi connectivity index (χ3v) is 6.60. The summed E-state index contributed by atoms with van der Waals surface area (Å²) in [7, 11) is -3.25. The van der Waals surface area contributed by atoms with Crippen LogP contribution >= 0.6 is 0 Å². The monoisotopic (exact) mass is 318 g/mol. The van der Waals surface area contributed by atoms with Crippen molar-refractivity contribution in [3.05, 3.63) is 0 Å². The maximum Gasteiger partial charge on any atom is 0.246 e. The first-order valence-corrected chi connectivity index (χ1v) is 9.18. The number of nitrogens with zero attached hydrogens (tertiary/aromatic N) is 1. The van der Waals surface area contributed by atoms with Gasteiger partial charge in [-0.05, 0) is 33.6 Å². The molecule has 0 aliphatic carbocycles. The molecule has 0 aromatic rings. The van der Waals surface area contributed by atoms with Crippen LogP contribution in [0.2, 0.25) is 0 Å². The van der Waals surface area contributed by atoms with Gasteiger partial charge in [0.05, 0.1) is 11.0 Å². The lowest BCUT2D eigenvalue weighted by atomic mass is 9.86. The molecule has 1 saturated heterocycles. The van der Waals surface area contributed by atoms with E-state index in [1.54, 1.807) is 20.8 Å². The van der Waals surface area contributed by atoms with Crippen LogP contribution in [0.15, 0.2) is 0 Å². The number of carbonyl (C=O) groups is 2. The van der Waals surface area contributed by atoms with Crippen molar-refractivity contribution in [1.29, 1.82) is 0 Å². The molecule has 0 bridgehead atoms. The molecule has 0 radical (unpaired) electrons. The van der Waals surface area contributed by atoms with Crippen molar-refractivity contribution >= 4 is 21.7 Å². The second kappa shape index (κ2) is 6.34.